The number of anilines is 1. The van der Waals surface area contributed by atoms with E-state index in [2.05, 4.69) is 12.3 Å². The maximum atomic E-state index is 13.1. The van der Waals surface area contributed by atoms with Crippen molar-refractivity contribution in [1.82, 2.24) is 10.4 Å². The van der Waals surface area contributed by atoms with E-state index in [1.54, 1.807) is 4.90 Å². The van der Waals surface area contributed by atoms with Crippen molar-refractivity contribution in [2.75, 3.05) is 11.4 Å². The van der Waals surface area contributed by atoms with Gasteiger partial charge in [-0.3, -0.25) is 19.8 Å². The lowest BCUT2D eigenvalue weighted by molar-refractivity contribution is -0.132. The average molecular weight is 390 g/mol. The van der Waals surface area contributed by atoms with Crippen LogP contribution in [0.5, 0.6) is 0 Å². The number of thiocarbonyl (C=S) groups is 1. The molecule has 8 heteroatoms. The molecule has 0 unspecified atom stereocenters. The summed E-state index contributed by atoms with van der Waals surface area (Å²) in [5.74, 6) is -1.05. The van der Waals surface area contributed by atoms with E-state index in [1.165, 1.54) is 6.92 Å². The van der Waals surface area contributed by atoms with E-state index in [0.29, 0.717) is 12.1 Å². The van der Waals surface area contributed by atoms with Gasteiger partial charge in [0, 0.05) is 19.0 Å². The number of carbonyl (C=O) groups is 3. The number of nitrogens with one attached hydrogen (secondary N) is 1. The second-order valence-corrected chi connectivity index (χ2v) is 7.71. The summed E-state index contributed by atoms with van der Waals surface area (Å²) in [4.78, 5) is 39.1. The molecule has 1 N–H and O–H groups in total. The first-order valence-electron chi connectivity index (χ1n) is 8.44. The molecule has 26 heavy (non-hydrogen) atoms. The molecule has 0 saturated carbocycles. The van der Waals surface area contributed by atoms with Crippen LogP contribution in [0.25, 0.3) is 5.57 Å². The first-order chi connectivity index (χ1) is 12.5. The number of para-hydroxylation sites is 1. The van der Waals surface area contributed by atoms with Crippen LogP contribution < -0.4 is 10.3 Å². The third-order valence-corrected chi connectivity index (χ3v) is 5.55. The zero-order valence-corrected chi connectivity index (χ0v) is 16.2. The van der Waals surface area contributed by atoms with Gasteiger partial charge in [-0.25, -0.2) is 0 Å². The highest BCUT2D eigenvalue weighted by Gasteiger charge is 2.42. The van der Waals surface area contributed by atoms with Gasteiger partial charge in [-0.1, -0.05) is 49.7 Å². The lowest BCUT2D eigenvalue weighted by Crippen LogP contribution is -2.43. The molecule has 0 bridgehead atoms. The highest BCUT2D eigenvalue weighted by atomic mass is 32.2. The van der Waals surface area contributed by atoms with Gasteiger partial charge >= 0.3 is 0 Å². The Kier molecular flexibility index (Phi) is 5.43. The maximum absolute atomic E-state index is 13.1. The van der Waals surface area contributed by atoms with Gasteiger partial charge in [-0.05, 0) is 24.7 Å². The van der Waals surface area contributed by atoms with Crippen LogP contribution >= 0.6 is 24.0 Å². The second kappa shape index (κ2) is 7.59. The summed E-state index contributed by atoms with van der Waals surface area (Å²) < 4.78 is 0.211. The average Bonchev–Trinajstić information content (AvgIpc) is 3.03. The predicted octanol–water partition coefficient (Wildman–Crippen LogP) is 2.85. The predicted molar refractivity (Wildman–Crippen MR) is 106 cm³/mol. The Hall–Kier alpha value is -2.19. The number of hydrogen-bond acceptors (Lipinski definition) is 5. The van der Waals surface area contributed by atoms with E-state index in [4.69, 9.17) is 12.2 Å². The fourth-order valence-corrected chi connectivity index (χ4v) is 4.27. The van der Waals surface area contributed by atoms with Crippen LogP contribution in [0.1, 0.15) is 38.7 Å². The maximum Gasteiger partial charge on any atom is 0.286 e. The third-order valence-electron chi connectivity index (χ3n) is 4.17. The minimum atomic E-state index is -0.469. The van der Waals surface area contributed by atoms with Crippen LogP contribution in [0.15, 0.2) is 29.2 Å². The lowest BCUT2D eigenvalue weighted by atomic mass is 10.1. The summed E-state index contributed by atoms with van der Waals surface area (Å²) >= 11 is 6.24. The molecule has 0 spiro atoms. The van der Waals surface area contributed by atoms with E-state index in [0.717, 1.165) is 47.3 Å². The topological polar surface area (TPSA) is 69.7 Å². The van der Waals surface area contributed by atoms with Crippen LogP contribution in [0.3, 0.4) is 0 Å². The number of hydrogen-bond donors (Lipinski definition) is 1. The van der Waals surface area contributed by atoms with Crippen LogP contribution in [0, 0.1) is 0 Å². The normalized spacial score (nSPS) is 19.4. The Labute approximate surface area is 161 Å². The number of carbonyl (C=O) groups excluding carboxylic acids is 3. The molecule has 1 fully saturated rings. The summed E-state index contributed by atoms with van der Waals surface area (Å²) in [7, 11) is 0. The highest BCUT2D eigenvalue weighted by molar-refractivity contribution is 8.26. The number of amides is 3. The molecule has 3 amide bonds. The molecule has 136 valence electrons. The van der Waals surface area contributed by atoms with Crippen molar-refractivity contribution in [2.45, 2.75) is 33.1 Å². The van der Waals surface area contributed by atoms with E-state index < -0.39 is 11.8 Å². The van der Waals surface area contributed by atoms with Crippen LogP contribution in [-0.2, 0) is 14.4 Å². The van der Waals surface area contributed by atoms with Crippen molar-refractivity contribution < 1.29 is 14.4 Å². The zero-order valence-electron chi connectivity index (χ0n) is 14.6. The molecule has 2 aliphatic heterocycles. The van der Waals surface area contributed by atoms with E-state index in [1.807, 2.05) is 24.3 Å². The number of rotatable bonds is 5. The molecular weight excluding hydrogens is 370 g/mol. The molecule has 1 saturated heterocycles. The lowest BCUT2D eigenvalue weighted by Gasteiger charge is -2.16. The van der Waals surface area contributed by atoms with Gasteiger partial charge < -0.3 is 4.90 Å². The van der Waals surface area contributed by atoms with Gasteiger partial charge in [0.25, 0.3) is 11.8 Å². The molecule has 6 nitrogen and oxygen atoms in total. The van der Waals surface area contributed by atoms with Gasteiger partial charge in [-0.2, -0.15) is 5.01 Å². The summed E-state index contributed by atoms with van der Waals surface area (Å²) in [6.07, 6.45) is 2.99. The monoisotopic (exact) mass is 389 g/mol. The summed E-state index contributed by atoms with van der Waals surface area (Å²) in [5, 5.41) is 1.03. The molecule has 0 aromatic heterocycles. The zero-order chi connectivity index (χ0) is 18.8. The third kappa shape index (κ3) is 3.26. The number of thioether (sulfide) groups is 1. The number of hydrazine groups is 1. The van der Waals surface area contributed by atoms with E-state index in [9.17, 15) is 14.4 Å². The Morgan fingerprint density at radius 3 is 2.62 bits per heavy atom. The van der Waals surface area contributed by atoms with Crippen molar-refractivity contribution in [3.8, 4) is 0 Å². The van der Waals surface area contributed by atoms with Crippen LogP contribution in [0.2, 0.25) is 0 Å². The first-order valence-corrected chi connectivity index (χ1v) is 9.67. The van der Waals surface area contributed by atoms with Gasteiger partial charge in [0.05, 0.1) is 16.2 Å². The second-order valence-electron chi connectivity index (χ2n) is 6.06. The van der Waals surface area contributed by atoms with Crippen molar-refractivity contribution in [3.63, 3.8) is 0 Å². The minimum absolute atomic E-state index is 0.189. The van der Waals surface area contributed by atoms with Crippen molar-refractivity contribution in [3.05, 3.63) is 34.7 Å². The van der Waals surface area contributed by atoms with Gasteiger partial charge in [0.2, 0.25) is 5.91 Å². The van der Waals surface area contributed by atoms with Crippen molar-refractivity contribution >= 4 is 57.3 Å². The van der Waals surface area contributed by atoms with E-state index >= 15 is 0 Å². The SMILES string of the molecule is CCCCCN1C(=O)C(=C2SC(=S)N(NC(C)=O)C2=O)c2ccccc21. The molecule has 2 heterocycles. The number of unbranched alkanes of at least 4 members (excludes halogenated alkanes) is 2. The summed E-state index contributed by atoms with van der Waals surface area (Å²) in [5.41, 5.74) is 4.32. The summed E-state index contributed by atoms with van der Waals surface area (Å²) in [6, 6.07) is 7.45. The van der Waals surface area contributed by atoms with Crippen molar-refractivity contribution in [2.24, 2.45) is 0 Å². The Morgan fingerprint density at radius 1 is 1.19 bits per heavy atom. The molecule has 0 radical (unpaired) electrons. The Bertz CT molecular complexity index is 835. The van der Waals surface area contributed by atoms with Gasteiger partial charge in [0.15, 0.2) is 4.32 Å². The minimum Gasteiger partial charge on any atom is -0.308 e. The molecule has 1 aromatic carbocycles. The highest BCUT2D eigenvalue weighted by Crippen LogP contribution is 2.44. The first kappa shape index (κ1) is 18.6. The largest absolute Gasteiger partial charge is 0.308 e. The van der Waals surface area contributed by atoms with Gasteiger partial charge in [0.1, 0.15) is 0 Å². The smallest absolute Gasteiger partial charge is 0.286 e. The van der Waals surface area contributed by atoms with Crippen LogP contribution in [0.4, 0.5) is 5.69 Å². The van der Waals surface area contributed by atoms with Crippen LogP contribution in [-0.4, -0.2) is 33.6 Å². The molecule has 0 aliphatic carbocycles. The molecule has 1 aromatic rings. The summed E-state index contributed by atoms with van der Waals surface area (Å²) in [6.45, 7) is 4.02. The number of benzene rings is 1. The molecule has 3 rings (SSSR count). The Balaban J connectivity index is 2.01. The fourth-order valence-electron chi connectivity index (χ4n) is 3.01. The standard InChI is InChI=1S/C18H19N3O3S2/c1-3-4-7-10-20-13-9-6-5-8-12(13)14(16(20)23)15-17(24)21(18(25)26-15)19-11(2)22/h5-6,8-9H,3-4,7,10H2,1-2H3,(H,19,22). The van der Waals surface area contributed by atoms with Crippen molar-refractivity contribution in [1.29, 1.82) is 0 Å². The molecule has 2 aliphatic rings. The number of fused-ring (bicyclic) bond motifs is 1. The fraction of sp³-hybridized carbons (Fsp3) is 0.333. The van der Waals surface area contributed by atoms with Gasteiger partial charge in [-0.15, -0.1) is 0 Å². The quantitative estimate of drug-likeness (QED) is 0.476. The van der Waals surface area contributed by atoms with E-state index in [-0.39, 0.29) is 15.1 Å². The number of nitrogens with zero attached hydrogens (tertiary/aromatic N) is 2. The Morgan fingerprint density at radius 2 is 1.92 bits per heavy atom. The molecular formula is C18H19N3O3S2. The molecule has 0 atom stereocenters.